The summed E-state index contributed by atoms with van der Waals surface area (Å²) in [5.74, 6) is -0.593. The predicted octanol–water partition coefficient (Wildman–Crippen LogP) is 3.03. The van der Waals surface area contributed by atoms with Gasteiger partial charge in [0, 0.05) is 17.6 Å². The molecule has 1 aromatic carbocycles. The van der Waals surface area contributed by atoms with Gasteiger partial charge in [-0.05, 0) is 30.5 Å². The van der Waals surface area contributed by atoms with Crippen LogP contribution in [0.3, 0.4) is 0 Å². The summed E-state index contributed by atoms with van der Waals surface area (Å²) in [6.45, 7) is 3.82. The molecule has 0 aliphatic rings. The molecule has 0 aliphatic heterocycles. The average Bonchev–Trinajstić information content (AvgIpc) is 2.89. The van der Waals surface area contributed by atoms with Crippen LogP contribution in [0.25, 0.3) is 10.9 Å². The van der Waals surface area contributed by atoms with E-state index in [2.05, 4.69) is 20.2 Å². The first kappa shape index (κ1) is 15.7. The topological polar surface area (TPSA) is 111 Å². The maximum absolute atomic E-state index is 11.9. The Hall–Kier alpha value is -3.22. The highest BCUT2D eigenvalue weighted by Gasteiger charge is 2.14. The second kappa shape index (κ2) is 6.11. The molecule has 7 heteroatoms. The number of carbonyl (C=O) groups excluding carboxylic acids is 1. The van der Waals surface area contributed by atoms with Crippen molar-refractivity contribution in [1.82, 2.24) is 9.97 Å². The molecule has 0 saturated heterocycles. The number of pyridine rings is 1. The van der Waals surface area contributed by atoms with Gasteiger partial charge in [0.05, 0.1) is 11.9 Å². The average molecular weight is 324 g/mol. The fraction of sp³-hybridized carbons (Fsp3) is 0.176. The Morgan fingerprint density at radius 3 is 2.62 bits per heavy atom. The number of aromatic hydroxyl groups is 1. The number of fused-ring (bicyclic) bond motifs is 1. The minimum atomic E-state index is -0.471. The molecule has 0 spiro atoms. The van der Waals surface area contributed by atoms with Crippen LogP contribution in [0.2, 0.25) is 0 Å². The lowest BCUT2D eigenvalue weighted by Crippen LogP contribution is -2.05. The number of amides is 1. The summed E-state index contributed by atoms with van der Waals surface area (Å²) in [6, 6.07) is 6.77. The minimum absolute atomic E-state index is 0.0153. The second-order valence-corrected chi connectivity index (χ2v) is 5.60. The summed E-state index contributed by atoms with van der Waals surface area (Å²) < 4.78 is 0. The molecule has 3 rings (SSSR count). The first-order valence-electron chi connectivity index (χ1n) is 7.38. The number of hydrogen-bond donors (Lipinski definition) is 3. The third kappa shape index (κ3) is 2.96. The van der Waals surface area contributed by atoms with E-state index in [0.717, 1.165) is 22.0 Å². The van der Waals surface area contributed by atoms with Gasteiger partial charge in [-0.3, -0.25) is 9.59 Å². The van der Waals surface area contributed by atoms with Crippen molar-refractivity contribution in [2.24, 2.45) is 10.2 Å². The first-order chi connectivity index (χ1) is 11.5. The molecule has 122 valence electrons. The fourth-order valence-electron chi connectivity index (χ4n) is 2.54. The lowest BCUT2D eigenvalue weighted by atomic mass is 10.1. The van der Waals surface area contributed by atoms with Crippen LogP contribution in [0.1, 0.15) is 16.7 Å². The molecule has 0 aliphatic carbocycles. The van der Waals surface area contributed by atoms with E-state index in [-0.39, 0.29) is 23.5 Å². The molecule has 0 fully saturated rings. The number of nitrogens with one attached hydrogen (secondary N) is 2. The minimum Gasteiger partial charge on any atom is -0.493 e. The number of carbonyl (C=O) groups is 1. The van der Waals surface area contributed by atoms with Crippen LogP contribution in [0.15, 0.2) is 45.5 Å². The zero-order valence-corrected chi connectivity index (χ0v) is 13.3. The number of aromatic nitrogens is 2. The van der Waals surface area contributed by atoms with Gasteiger partial charge in [0.15, 0.2) is 5.69 Å². The predicted molar refractivity (Wildman–Crippen MR) is 89.7 cm³/mol. The maximum Gasteiger partial charge on any atom is 0.269 e. The molecule has 0 radical (unpaired) electrons. The smallest absolute Gasteiger partial charge is 0.269 e. The normalized spacial score (nSPS) is 11.4. The van der Waals surface area contributed by atoms with Crippen molar-refractivity contribution in [2.45, 2.75) is 20.3 Å². The van der Waals surface area contributed by atoms with Crippen molar-refractivity contribution in [3.05, 3.63) is 57.5 Å². The summed E-state index contributed by atoms with van der Waals surface area (Å²) in [5, 5.41) is 18.4. The van der Waals surface area contributed by atoms with Gasteiger partial charge in [0.2, 0.25) is 11.4 Å². The Morgan fingerprint density at radius 1 is 1.17 bits per heavy atom. The molecule has 24 heavy (non-hydrogen) atoms. The van der Waals surface area contributed by atoms with E-state index in [0.29, 0.717) is 5.56 Å². The number of benzene rings is 1. The number of H-pyrrole nitrogens is 2. The molecule has 3 aromatic rings. The van der Waals surface area contributed by atoms with Gasteiger partial charge in [-0.15, -0.1) is 10.2 Å². The van der Waals surface area contributed by atoms with Crippen LogP contribution in [-0.4, -0.2) is 21.0 Å². The molecule has 0 unspecified atom stereocenters. The number of aryl methyl sites for hydroxylation is 2. The lowest BCUT2D eigenvalue weighted by Gasteiger charge is -2.00. The summed E-state index contributed by atoms with van der Waals surface area (Å²) in [4.78, 5) is 28.3. The Labute approximate surface area is 137 Å². The van der Waals surface area contributed by atoms with Gasteiger partial charge < -0.3 is 15.1 Å². The Bertz CT molecular complexity index is 994. The molecule has 0 saturated carbocycles. The van der Waals surface area contributed by atoms with Crippen molar-refractivity contribution in [1.29, 1.82) is 0 Å². The number of aromatic amines is 2. The van der Waals surface area contributed by atoms with Crippen LogP contribution in [-0.2, 0) is 11.2 Å². The molecule has 2 aromatic heterocycles. The van der Waals surface area contributed by atoms with Gasteiger partial charge >= 0.3 is 0 Å². The SMILES string of the molecule is Cc1ccc(C)c2c(N=NC(=O)Cc3ccc(=O)[nH]c3)c(O)[nH]c12. The van der Waals surface area contributed by atoms with Crippen molar-refractivity contribution >= 4 is 22.5 Å². The highest BCUT2D eigenvalue weighted by Crippen LogP contribution is 2.38. The second-order valence-electron chi connectivity index (χ2n) is 5.60. The van der Waals surface area contributed by atoms with Crippen LogP contribution < -0.4 is 5.56 Å². The van der Waals surface area contributed by atoms with Gasteiger partial charge in [-0.25, -0.2) is 0 Å². The number of azo groups is 1. The highest BCUT2D eigenvalue weighted by molar-refractivity contribution is 5.98. The zero-order valence-electron chi connectivity index (χ0n) is 13.3. The van der Waals surface area contributed by atoms with E-state index >= 15 is 0 Å². The monoisotopic (exact) mass is 324 g/mol. The molecule has 1 amide bonds. The quantitative estimate of drug-likeness (QED) is 0.644. The van der Waals surface area contributed by atoms with Crippen molar-refractivity contribution in [3.63, 3.8) is 0 Å². The van der Waals surface area contributed by atoms with Crippen molar-refractivity contribution < 1.29 is 9.90 Å². The third-order valence-electron chi connectivity index (χ3n) is 3.79. The highest BCUT2D eigenvalue weighted by atomic mass is 16.3. The van der Waals surface area contributed by atoms with E-state index in [1.807, 2.05) is 26.0 Å². The Kier molecular flexibility index (Phi) is 3.99. The van der Waals surface area contributed by atoms with Crippen LogP contribution in [0.4, 0.5) is 5.69 Å². The van der Waals surface area contributed by atoms with E-state index in [1.54, 1.807) is 6.07 Å². The molecular weight excluding hydrogens is 308 g/mol. The van der Waals surface area contributed by atoms with Crippen LogP contribution >= 0.6 is 0 Å². The summed E-state index contributed by atoms with van der Waals surface area (Å²) in [5.41, 5.74) is 3.31. The number of nitrogens with zero attached hydrogens (tertiary/aromatic N) is 2. The standard InChI is InChI=1S/C17H16N4O3/c1-9-3-4-10(2)15-14(9)16(17(24)19-15)21-20-13(23)7-11-5-6-12(22)18-8-11/h3-6,8,19,24H,7H2,1-2H3,(H,18,22). The van der Waals surface area contributed by atoms with Gasteiger partial charge in [0.25, 0.3) is 5.91 Å². The maximum atomic E-state index is 11.9. The molecule has 0 bridgehead atoms. The molecule has 0 atom stereocenters. The van der Waals surface area contributed by atoms with Gasteiger partial charge in [0.1, 0.15) is 0 Å². The van der Waals surface area contributed by atoms with Gasteiger partial charge in [-0.1, -0.05) is 18.2 Å². The summed E-state index contributed by atoms with van der Waals surface area (Å²) in [6.07, 6.45) is 1.48. The van der Waals surface area contributed by atoms with Crippen molar-refractivity contribution in [2.75, 3.05) is 0 Å². The summed E-state index contributed by atoms with van der Waals surface area (Å²) >= 11 is 0. The molecule has 3 N–H and O–H groups in total. The van der Waals surface area contributed by atoms with E-state index < -0.39 is 5.91 Å². The van der Waals surface area contributed by atoms with E-state index in [4.69, 9.17) is 0 Å². The van der Waals surface area contributed by atoms with Crippen LogP contribution in [0.5, 0.6) is 5.88 Å². The van der Waals surface area contributed by atoms with Crippen molar-refractivity contribution in [3.8, 4) is 5.88 Å². The number of rotatable bonds is 3. The first-order valence-corrected chi connectivity index (χ1v) is 7.38. The Morgan fingerprint density at radius 2 is 1.92 bits per heavy atom. The zero-order chi connectivity index (χ0) is 17.3. The lowest BCUT2D eigenvalue weighted by molar-refractivity contribution is -0.117. The summed E-state index contributed by atoms with van der Waals surface area (Å²) in [7, 11) is 0. The fourth-order valence-corrected chi connectivity index (χ4v) is 2.54. The van der Waals surface area contributed by atoms with Crippen LogP contribution in [0, 0.1) is 13.8 Å². The molecular formula is C17H16N4O3. The van der Waals surface area contributed by atoms with E-state index in [9.17, 15) is 14.7 Å². The largest absolute Gasteiger partial charge is 0.493 e. The third-order valence-corrected chi connectivity index (χ3v) is 3.79. The Balaban J connectivity index is 1.89. The molecule has 2 heterocycles. The molecule has 7 nitrogen and oxygen atoms in total. The number of hydrogen-bond acceptors (Lipinski definition) is 4. The van der Waals surface area contributed by atoms with E-state index in [1.165, 1.54) is 12.3 Å². The van der Waals surface area contributed by atoms with Gasteiger partial charge in [-0.2, -0.15) is 0 Å².